The predicted octanol–water partition coefficient (Wildman–Crippen LogP) is 2.85. The zero-order valence-electron chi connectivity index (χ0n) is 13.6. The first-order valence-electron chi connectivity index (χ1n) is 7.88. The summed E-state index contributed by atoms with van der Waals surface area (Å²) in [7, 11) is 1.81. The molecule has 0 amide bonds. The number of hydrogen-bond donors (Lipinski definition) is 1. The third-order valence-corrected chi connectivity index (χ3v) is 3.96. The maximum atomic E-state index is 5.22. The van der Waals surface area contributed by atoms with Gasteiger partial charge in [-0.3, -0.25) is 4.99 Å². The molecular formula is C18H22N4O. The monoisotopic (exact) mass is 310 g/mol. The second kappa shape index (κ2) is 7.13. The molecule has 0 radical (unpaired) electrons. The molecule has 0 saturated carbocycles. The second-order valence-corrected chi connectivity index (χ2v) is 5.63. The van der Waals surface area contributed by atoms with E-state index in [9.17, 15) is 0 Å². The van der Waals surface area contributed by atoms with E-state index in [4.69, 9.17) is 4.52 Å². The second-order valence-electron chi connectivity index (χ2n) is 5.63. The van der Waals surface area contributed by atoms with Crippen LogP contribution < -0.4 is 5.32 Å². The molecule has 0 fully saturated rings. The predicted molar refractivity (Wildman–Crippen MR) is 92.0 cm³/mol. The topological polar surface area (TPSA) is 53.7 Å². The van der Waals surface area contributed by atoms with Crippen molar-refractivity contribution >= 4 is 11.5 Å². The van der Waals surface area contributed by atoms with Crippen LogP contribution in [0, 0.1) is 6.92 Å². The highest BCUT2D eigenvalue weighted by Crippen LogP contribution is 2.21. The van der Waals surface area contributed by atoms with Gasteiger partial charge in [-0.15, -0.1) is 0 Å². The van der Waals surface area contributed by atoms with E-state index in [1.165, 1.54) is 11.1 Å². The van der Waals surface area contributed by atoms with E-state index in [1.54, 1.807) is 0 Å². The van der Waals surface area contributed by atoms with Gasteiger partial charge >= 0.3 is 0 Å². The van der Waals surface area contributed by atoms with Gasteiger partial charge in [0.1, 0.15) is 0 Å². The Labute approximate surface area is 136 Å². The molecule has 5 nitrogen and oxygen atoms in total. The lowest BCUT2D eigenvalue weighted by atomic mass is 10.00. The van der Waals surface area contributed by atoms with Crippen LogP contribution in [0.1, 0.15) is 23.4 Å². The van der Waals surface area contributed by atoms with Gasteiger partial charge in [0.15, 0.2) is 11.7 Å². The van der Waals surface area contributed by atoms with Crippen molar-refractivity contribution in [1.82, 2.24) is 15.4 Å². The van der Waals surface area contributed by atoms with Gasteiger partial charge < -0.3 is 14.7 Å². The Morgan fingerprint density at radius 2 is 2.17 bits per heavy atom. The largest absolute Gasteiger partial charge is 0.359 e. The van der Waals surface area contributed by atoms with Gasteiger partial charge in [0.05, 0.1) is 12.2 Å². The number of rotatable bonds is 3. The summed E-state index contributed by atoms with van der Waals surface area (Å²) in [6.45, 7) is 4.33. The summed E-state index contributed by atoms with van der Waals surface area (Å²) in [5, 5.41) is 7.23. The summed E-state index contributed by atoms with van der Waals surface area (Å²) >= 11 is 0. The van der Waals surface area contributed by atoms with Crippen molar-refractivity contribution in [3.63, 3.8) is 0 Å². The number of benzene rings is 1. The van der Waals surface area contributed by atoms with Crippen LogP contribution in [0.3, 0.4) is 0 Å². The van der Waals surface area contributed by atoms with Crippen LogP contribution in [-0.2, 0) is 6.54 Å². The highest BCUT2D eigenvalue weighted by Gasteiger charge is 2.16. The zero-order chi connectivity index (χ0) is 16.1. The van der Waals surface area contributed by atoms with E-state index in [-0.39, 0.29) is 0 Å². The normalized spacial score (nSPS) is 15.5. The molecule has 120 valence electrons. The van der Waals surface area contributed by atoms with E-state index in [1.807, 2.05) is 20.0 Å². The molecule has 1 aliphatic heterocycles. The molecule has 3 rings (SSSR count). The van der Waals surface area contributed by atoms with Crippen LogP contribution in [0.4, 0.5) is 0 Å². The molecule has 2 heterocycles. The molecule has 2 aromatic rings. The van der Waals surface area contributed by atoms with Crippen molar-refractivity contribution in [1.29, 1.82) is 0 Å². The van der Waals surface area contributed by atoms with Crippen LogP contribution >= 0.6 is 0 Å². The first-order valence-corrected chi connectivity index (χ1v) is 7.88. The number of aromatic nitrogens is 1. The summed E-state index contributed by atoms with van der Waals surface area (Å²) < 4.78 is 5.22. The SMILES string of the molecule is CN=C(NCc1cc(C)no1)N1CC=C(c2ccccc2)CC1. The van der Waals surface area contributed by atoms with Crippen molar-refractivity contribution in [2.45, 2.75) is 19.9 Å². The fourth-order valence-corrected chi connectivity index (χ4v) is 2.77. The number of aliphatic imine (C=N–C) groups is 1. The van der Waals surface area contributed by atoms with E-state index in [0.717, 1.165) is 36.9 Å². The fraction of sp³-hybridized carbons (Fsp3) is 0.333. The molecule has 0 unspecified atom stereocenters. The summed E-state index contributed by atoms with van der Waals surface area (Å²) in [6.07, 6.45) is 3.30. The number of aryl methyl sites for hydroxylation is 1. The molecular weight excluding hydrogens is 288 g/mol. The summed E-state index contributed by atoms with van der Waals surface area (Å²) in [5.41, 5.74) is 3.61. The van der Waals surface area contributed by atoms with Gasteiger partial charge in [0.2, 0.25) is 0 Å². The number of guanidine groups is 1. The minimum Gasteiger partial charge on any atom is -0.359 e. The highest BCUT2D eigenvalue weighted by atomic mass is 16.5. The minimum atomic E-state index is 0.596. The number of hydrogen-bond acceptors (Lipinski definition) is 3. The Morgan fingerprint density at radius 3 is 2.78 bits per heavy atom. The maximum absolute atomic E-state index is 5.22. The van der Waals surface area contributed by atoms with E-state index < -0.39 is 0 Å². The number of nitrogens with zero attached hydrogens (tertiary/aromatic N) is 3. The van der Waals surface area contributed by atoms with Gasteiger partial charge in [-0.1, -0.05) is 41.6 Å². The molecule has 1 aliphatic rings. The minimum absolute atomic E-state index is 0.596. The molecule has 0 aliphatic carbocycles. The highest BCUT2D eigenvalue weighted by molar-refractivity contribution is 5.81. The van der Waals surface area contributed by atoms with Gasteiger partial charge in [-0.25, -0.2) is 0 Å². The van der Waals surface area contributed by atoms with Crippen LogP contribution in [0.15, 0.2) is 52.0 Å². The standard InChI is InChI=1S/C18H22N4O/c1-14-12-17(23-21-14)13-20-18(19-2)22-10-8-16(9-11-22)15-6-4-3-5-7-15/h3-8,12H,9-11,13H2,1-2H3,(H,19,20). The zero-order valence-corrected chi connectivity index (χ0v) is 13.6. The Morgan fingerprint density at radius 1 is 1.35 bits per heavy atom. The molecule has 0 spiro atoms. The van der Waals surface area contributed by atoms with E-state index in [0.29, 0.717) is 6.54 Å². The molecule has 5 heteroatoms. The first-order chi connectivity index (χ1) is 11.3. The van der Waals surface area contributed by atoms with Gasteiger partial charge in [0, 0.05) is 26.2 Å². The van der Waals surface area contributed by atoms with E-state index >= 15 is 0 Å². The van der Waals surface area contributed by atoms with Crippen molar-refractivity contribution in [2.24, 2.45) is 4.99 Å². The summed E-state index contributed by atoms with van der Waals surface area (Å²) in [5.74, 6) is 1.71. The van der Waals surface area contributed by atoms with Crippen molar-refractivity contribution in [3.05, 3.63) is 59.5 Å². The van der Waals surface area contributed by atoms with Crippen molar-refractivity contribution < 1.29 is 4.52 Å². The van der Waals surface area contributed by atoms with Gasteiger partial charge in [-0.2, -0.15) is 0 Å². The Bertz CT molecular complexity index is 703. The Balaban J connectivity index is 1.60. The number of nitrogens with one attached hydrogen (secondary N) is 1. The lowest BCUT2D eigenvalue weighted by Crippen LogP contribution is -2.43. The summed E-state index contributed by atoms with van der Waals surface area (Å²) in [4.78, 5) is 6.62. The molecule has 23 heavy (non-hydrogen) atoms. The summed E-state index contributed by atoms with van der Waals surface area (Å²) in [6, 6.07) is 12.5. The third-order valence-electron chi connectivity index (χ3n) is 3.96. The fourth-order valence-electron chi connectivity index (χ4n) is 2.77. The molecule has 0 saturated heterocycles. The third kappa shape index (κ3) is 3.80. The Kier molecular flexibility index (Phi) is 4.76. The average Bonchev–Trinajstić information content (AvgIpc) is 3.02. The van der Waals surface area contributed by atoms with Crippen LogP contribution in [0.2, 0.25) is 0 Å². The first kappa shape index (κ1) is 15.3. The molecule has 1 N–H and O–H groups in total. The lowest BCUT2D eigenvalue weighted by molar-refractivity contribution is 0.371. The maximum Gasteiger partial charge on any atom is 0.194 e. The smallest absolute Gasteiger partial charge is 0.194 e. The van der Waals surface area contributed by atoms with Crippen LogP contribution in [0.25, 0.3) is 5.57 Å². The van der Waals surface area contributed by atoms with Crippen LogP contribution in [0.5, 0.6) is 0 Å². The average molecular weight is 310 g/mol. The van der Waals surface area contributed by atoms with Crippen LogP contribution in [-0.4, -0.2) is 36.2 Å². The van der Waals surface area contributed by atoms with Crippen molar-refractivity contribution in [3.8, 4) is 0 Å². The van der Waals surface area contributed by atoms with E-state index in [2.05, 4.69) is 56.8 Å². The molecule has 0 bridgehead atoms. The molecule has 0 atom stereocenters. The quantitative estimate of drug-likeness (QED) is 0.699. The molecule has 1 aromatic carbocycles. The Hall–Kier alpha value is -2.56. The molecule has 1 aromatic heterocycles. The van der Waals surface area contributed by atoms with Crippen molar-refractivity contribution in [2.75, 3.05) is 20.1 Å². The van der Waals surface area contributed by atoms with Gasteiger partial charge in [0.25, 0.3) is 0 Å². The van der Waals surface area contributed by atoms with Gasteiger partial charge in [-0.05, 0) is 24.5 Å². The lowest BCUT2D eigenvalue weighted by Gasteiger charge is -2.29.